The molecule has 0 aliphatic carbocycles. The lowest BCUT2D eigenvalue weighted by Crippen LogP contribution is -2.51. The van der Waals surface area contributed by atoms with E-state index in [1.807, 2.05) is 6.07 Å². The molecule has 3 aliphatic rings. The third-order valence-corrected chi connectivity index (χ3v) is 8.51. The van der Waals surface area contributed by atoms with Crippen LogP contribution in [0.4, 0.5) is 4.39 Å². The van der Waals surface area contributed by atoms with Crippen LogP contribution in [0.3, 0.4) is 0 Å². The van der Waals surface area contributed by atoms with Crippen molar-refractivity contribution >= 4 is 35.3 Å². The topological polar surface area (TPSA) is 65.5 Å². The molecule has 2 saturated heterocycles. The Morgan fingerprint density at radius 3 is 2.67 bits per heavy atom. The standard InChI is InChI=1S/C28H29FN4O2S/c29-20-2-4-23-21(7-10-30-24(23)14-20)18-8-11-32(12-9-18)15-17-1-3-22-19(13-17)16-33(28(22)36)25-5-6-26(34)31-27(25)35/h1-4,7,10,13-14,18,25,28,36H,5-6,8-9,11-12,15-16H2,(H,31,34,35). The Hall–Kier alpha value is -2.81. The number of nitrogens with one attached hydrogen (secondary N) is 1. The third kappa shape index (κ3) is 4.42. The van der Waals surface area contributed by atoms with Gasteiger partial charge in [-0.15, -0.1) is 0 Å². The molecule has 8 heteroatoms. The van der Waals surface area contributed by atoms with E-state index in [-0.39, 0.29) is 29.0 Å². The van der Waals surface area contributed by atoms with E-state index in [4.69, 9.17) is 12.6 Å². The fourth-order valence-corrected chi connectivity index (χ4v) is 6.54. The van der Waals surface area contributed by atoms with Gasteiger partial charge in [-0.3, -0.25) is 29.7 Å². The second kappa shape index (κ2) is 9.57. The number of benzene rings is 2. The summed E-state index contributed by atoms with van der Waals surface area (Å²) in [6.07, 6.45) is 4.82. The van der Waals surface area contributed by atoms with E-state index in [0.29, 0.717) is 25.3 Å². The molecule has 3 aromatic rings. The van der Waals surface area contributed by atoms with E-state index < -0.39 is 0 Å². The Morgan fingerprint density at radius 1 is 1.03 bits per heavy atom. The molecule has 36 heavy (non-hydrogen) atoms. The average molecular weight is 505 g/mol. The fourth-order valence-electron chi connectivity index (χ4n) is 6.05. The molecule has 4 heterocycles. The molecule has 0 saturated carbocycles. The lowest BCUT2D eigenvalue weighted by atomic mass is 9.87. The lowest BCUT2D eigenvalue weighted by Gasteiger charge is -2.32. The van der Waals surface area contributed by atoms with Crippen molar-refractivity contribution in [3.63, 3.8) is 0 Å². The quantitative estimate of drug-likeness (QED) is 0.410. The van der Waals surface area contributed by atoms with Crippen LogP contribution >= 0.6 is 12.6 Å². The summed E-state index contributed by atoms with van der Waals surface area (Å²) in [5, 5.41) is 3.38. The Morgan fingerprint density at radius 2 is 1.86 bits per heavy atom. The number of hydrogen-bond donors (Lipinski definition) is 2. The molecule has 2 fully saturated rings. The summed E-state index contributed by atoms with van der Waals surface area (Å²) < 4.78 is 13.6. The highest BCUT2D eigenvalue weighted by Crippen LogP contribution is 2.40. The third-order valence-electron chi connectivity index (χ3n) is 7.94. The van der Waals surface area contributed by atoms with Crippen LogP contribution in [0.5, 0.6) is 0 Å². The molecule has 186 valence electrons. The number of carbonyl (C=O) groups excluding carboxylic acids is 2. The van der Waals surface area contributed by atoms with Gasteiger partial charge in [-0.05, 0) is 78.7 Å². The zero-order chi connectivity index (χ0) is 24.8. The molecule has 0 bridgehead atoms. The van der Waals surface area contributed by atoms with Crippen molar-refractivity contribution in [1.82, 2.24) is 20.1 Å². The molecule has 6 rings (SSSR count). The summed E-state index contributed by atoms with van der Waals surface area (Å²) in [5.74, 6) is -0.209. The summed E-state index contributed by atoms with van der Waals surface area (Å²) in [6, 6.07) is 13.2. The minimum Gasteiger partial charge on any atom is -0.299 e. The molecule has 2 amide bonds. The number of rotatable bonds is 4. The van der Waals surface area contributed by atoms with E-state index in [1.165, 1.54) is 28.8 Å². The van der Waals surface area contributed by atoms with Crippen LogP contribution in [-0.2, 0) is 22.7 Å². The molecule has 0 radical (unpaired) electrons. The second-order valence-corrected chi connectivity index (χ2v) is 10.6. The molecule has 6 nitrogen and oxygen atoms in total. The van der Waals surface area contributed by atoms with Gasteiger partial charge in [0.15, 0.2) is 0 Å². The molecule has 2 atom stereocenters. The van der Waals surface area contributed by atoms with Gasteiger partial charge in [0, 0.05) is 37.2 Å². The van der Waals surface area contributed by atoms with Crippen molar-refractivity contribution in [2.45, 2.75) is 56.1 Å². The van der Waals surface area contributed by atoms with Crippen LogP contribution in [0.25, 0.3) is 10.9 Å². The smallest absolute Gasteiger partial charge is 0.243 e. The van der Waals surface area contributed by atoms with Gasteiger partial charge in [-0.2, -0.15) is 12.6 Å². The minimum absolute atomic E-state index is 0.141. The monoisotopic (exact) mass is 504 g/mol. The van der Waals surface area contributed by atoms with Crippen LogP contribution in [0.2, 0.25) is 0 Å². The van der Waals surface area contributed by atoms with E-state index in [1.54, 1.807) is 6.20 Å². The fraction of sp³-hybridized carbons (Fsp3) is 0.393. The Balaban J connectivity index is 1.10. The molecular weight excluding hydrogens is 475 g/mol. The van der Waals surface area contributed by atoms with Gasteiger partial charge in [-0.25, -0.2) is 4.39 Å². The van der Waals surface area contributed by atoms with Crippen molar-refractivity contribution in [2.75, 3.05) is 13.1 Å². The van der Waals surface area contributed by atoms with Crippen molar-refractivity contribution in [1.29, 1.82) is 0 Å². The first-order chi connectivity index (χ1) is 17.5. The van der Waals surface area contributed by atoms with Gasteiger partial charge in [-0.1, -0.05) is 18.2 Å². The minimum atomic E-state index is -0.319. The highest BCUT2D eigenvalue weighted by Gasteiger charge is 2.39. The largest absolute Gasteiger partial charge is 0.299 e. The van der Waals surface area contributed by atoms with Crippen LogP contribution < -0.4 is 5.32 Å². The number of thiol groups is 1. The van der Waals surface area contributed by atoms with Crippen molar-refractivity contribution in [2.24, 2.45) is 0 Å². The number of nitrogens with zero attached hydrogens (tertiary/aromatic N) is 3. The molecular formula is C28H29FN4O2S. The Kier molecular flexibility index (Phi) is 6.27. The number of halogens is 1. The van der Waals surface area contributed by atoms with Gasteiger partial charge in [0.2, 0.25) is 11.8 Å². The first-order valence-electron chi connectivity index (χ1n) is 12.6. The molecule has 1 aromatic heterocycles. The Labute approximate surface area is 215 Å². The maximum absolute atomic E-state index is 13.6. The first kappa shape index (κ1) is 23.6. The number of fused-ring (bicyclic) bond motifs is 2. The van der Waals surface area contributed by atoms with Crippen molar-refractivity contribution in [3.8, 4) is 0 Å². The number of aromatic nitrogens is 1. The Bertz CT molecular complexity index is 1340. The average Bonchev–Trinajstić information content (AvgIpc) is 3.19. The van der Waals surface area contributed by atoms with Gasteiger partial charge in [0.25, 0.3) is 0 Å². The molecule has 1 N–H and O–H groups in total. The summed E-state index contributed by atoms with van der Waals surface area (Å²) in [4.78, 5) is 32.9. The number of hydrogen-bond acceptors (Lipinski definition) is 6. The summed E-state index contributed by atoms with van der Waals surface area (Å²) in [6.45, 7) is 3.56. The number of likely N-dealkylation sites (tertiary alicyclic amines) is 1. The van der Waals surface area contributed by atoms with Gasteiger partial charge >= 0.3 is 0 Å². The molecule has 0 spiro atoms. The first-order valence-corrected chi connectivity index (χ1v) is 13.1. The lowest BCUT2D eigenvalue weighted by molar-refractivity contribution is -0.137. The maximum Gasteiger partial charge on any atom is 0.243 e. The zero-order valence-corrected chi connectivity index (χ0v) is 20.9. The number of amides is 2. The van der Waals surface area contributed by atoms with E-state index in [0.717, 1.165) is 48.9 Å². The summed E-state index contributed by atoms with van der Waals surface area (Å²) >= 11 is 4.81. The highest BCUT2D eigenvalue weighted by molar-refractivity contribution is 7.80. The van der Waals surface area contributed by atoms with E-state index in [2.05, 4.69) is 44.4 Å². The predicted molar refractivity (Wildman–Crippen MR) is 139 cm³/mol. The number of pyridine rings is 1. The molecule has 2 aromatic carbocycles. The van der Waals surface area contributed by atoms with Crippen LogP contribution in [0.1, 0.15) is 59.2 Å². The summed E-state index contributed by atoms with van der Waals surface area (Å²) in [7, 11) is 0. The van der Waals surface area contributed by atoms with Gasteiger partial charge < -0.3 is 0 Å². The second-order valence-electron chi connectivity index (χ2n) is 10.2. The zero-order valence-electron chi connectivity index (χ0n) is 20.0. The van der Waals surface area contributed by atoms with E-state index in [9.17, 15) is 14.0 Å². The van der Waals surface area contributed by atoms with Gasteiger partial charge in [0.05, 0.1) is 16.9 Å². The van der Waals surface area contributed by atoms with Crippen molar-refractivity contribution < 1.29 is 14.0 Å². The maximum atomic E-state index is 13.6. The SMILES string of the molecule is O=C1CCC(N2Cc3cc(CN4CCC(c5ccnc6cc(F)ccc56)CC4)ccc3C2S)C(=O)N1. The molecule has 2 unspecified atom stereocenters. The number of piperidine rings is 2. The highest BCUT2D eigenvalue weighted by atomic mass is 32.1. The molecule has 3 aliphatic heterocycles. The number of carbonyl (C=O) groups is 2. The van der Waals surface area contributed by atoms with Gasteiger partial charge in [0.1, 0.15) is 5.82 Å². The van der Waals surface area contributed by atoms with Crippen LogP contribution in [-0.4, -0.2) is 45.7 Å². The van der Waals surface area contributed by atoms with Crippen LogP contribution in [0, 0.1) is 5.82 Å². The predicted octanol–water partition coefficient (Wildman–Crippen LogP) is 4.30. The van der Waals surface area contributed by atoms with Crippen molar-refractivity contribution in [3.05, 3.63) is 76.7 Å². The number of imide groups is 1. The van der Waals surface area contributed by atoms with E-state index >= 15 is 0 Å². The van der Waals surface area contributed by atoms with Crippen LogP contribution in [0.15, 0.2) is 48.7 Å². The summed E-state index contributed by atoms with van der Waals surface area (Å²) in [5.41, 5.74) is 5.62. The normalized spacial score (nSPS) is 23.7.